The van der Waals surface area contributed by atoms with Crippen molar-refractivity contribution >= 4 is 47.6 Å². The minimum absolute atomic E-state index is 0. The van der Waals surface area contributed by atoms with E-state index in [1.165, 1.54) is 11.3 Å². The van der Waals surface area contributed by atoms with Gasteiger partial charge in [-0.25, -0.2) is 4.99 Å². The highest BCUT2D eigenvalue weighted by Gasteiger charge is 2.25. The molecule has 2 heterocycles. The molecule has 3 rings (SSSR count). The van der Waals surface area contributed by atoms with Crippen LogP contribution in [-0.2, 0) is 4.79 Å². The van der Waals surface area contributed by atoms with Crippen LogP contribution < -0.4 is 5.32 Å². The number of nitrogens with zero attached hydrogens (tertiary/aromatic N) is 3. The summed E-state index contributed by atoms with van der Waals surface area (Å²) in [5.41, 5.74) is 0. The van der Waals surface area contributed by atoms with Crippen LogP contribution in [0.1, 0.15) is 26.2 Å². The molecular formula is C20H31IN4OS. The van der Waals surface area contributed by atoms with E-state index < -0.39 is 0 Å². The molecule has 1 aromatic carbocycles. The van der Waals surface area contributed by atoms with Crippen LogP contribution in [-0.4, -0.2) is 66.7 Å². The molecule has 1 N–H and O–H groups in total. The maximum atomic E-state index is 12.3. The largest absolute Gasteiger partial charge is 0.357 e. The van der Waals surface area contributed by atoms with Crippen LogP contribution in [0.25, 0.3) is 0 Å². The second kappa shape index (κ2) is 11.8. The lowest BCUT2D eigenvalue weighted by Crippen LogP contribution is -2.41. The number of hydrogen-bond donors (Lipinski definition) is 1. The Balaban J connectivity index is 0.00000261. The fraction of sp³-hybridized carbons (Fsp3) is 0.600. The fourth-order valence-corrected chi connectivity index (χ4v) is 4.58. The van der Waals surface area contributed by atoms with Crippen LogP contribution >= 0.6 is 35.7 Å². The molecule has 1 aromatic rings. The number of rotatable bonds is 6. The van der Waals surface area contributed by atoms with E-state index in [0.29, 0.717) is 5.92 Å². The van der Waals surface area contributed by atoms with Crippen LogP contribution in [0.5, 0.6) is 0 Å². The monoisotopic (exact) mass is 502 g/mol. The number of hydrogen-bond acceptors (Lipinski definition) is 3. The van der Waals surface area contributed by atoms with Gasteiger partial charge in [0.15, 0.2) is 5.96 Å². The summed E-state index contributed by atoms with van der Waals surface area (Å²) < 4.78 is 0. The highest BCUT2D eigenvalue weighted by molar-refractivity contribution is 14.0. The first-order chi connectivity index (χ1) is 12.8. The summed E-state index contributed by atoms with van der Waals surface area (Å²) in [7, 11) is 0. The van der Waals surface area contributed by atoms with Gasteiger partial charge in [0.25, 0.3) is 0 Å². The summed E-state index contributed by atoms with van der Waals surface area (Å²) in [5, 5.41) is 3.36. The van der Waals surface area contributed by atoms with E-state index in [1.807, 2.05) is 16.7 Å². The van der Waals surface area contributed by atoms with Crippen molar-refractivity contribution < 1.29 is 4.79 Å². The maximum absolute atomic E-state index is 12.3. The molecule has 2 fully saturated rings. The first kappa shape index (κ1) is 22.3. The van der Waals surface area contributed by atoms with E-state index in [0.717, 1.165) is 57.3 Å². The summed E-state index contributed by atoms with van der Waals surface area (Å²) in [6.07, 6.45) is 3.44. The number of nitrogens with one attached hydrogen (secondary N) is 1. The average Bonchev–Trinajstić information content (AvgIpc) is 3.36. The topological polar surface area (TPSA) is 47.9 Å². The number of guanidine groups is 1. The van der Waals surface area contributed by atoms with Crippen LogP contribution in [0, 0.1) is 5.92 Å². The molecule has 2 saturated heterocycles. The second-order valence-electron chi connectivity index (χ2n) is 6.98. The van der Waals surface area contributed by atoms with E-state index in [2.05, 4.69) is 52.5 Å². The zero-order valence-corrected chi connectivity index (χ0v) is 19.2. The highest BCUT2D eigenvalue weighted by atomic mass is 127. The van der Waals surface area contributed by atoms with Crippen molar-refractivity contribution in [3.8, 4) is 0 Å². The van der Waals surface area contributed by atoms with Crippen molar-refractivity contribution in [1.82, 2.24) is 15.1 Å². The van der Waals surface area contributed by atoms with Gasteiger partial charge < -0.3 is 15.1 Å². The predicted molar refractivity (Wildman–Crippen MR) is 124 cm³/mol. The minimum atomic E-state index is 0. The fourth-order valence-electron chi connectivity index (χ4n) is 3.53. The van der Waals surface area contributed by atoms with Gasteiger partial charge in [-0.2, -0.15) is 0 Å². The van der Waals surface area contributed by atoms with Crippen molar-refractivity contribution in [2.75, 3.05) is 45.0 Å². The molecule has 2 aliphatic rings. The Hall–Kier alpha value is -0.960. The van der Waals surface area contributed by atoms with E-state index in [-0.39, 0.29) is 36.4 Å². The van der Waals surface area contributed by atoms with Gasteiger partial charge in [-0.15, -0.1) is 35.7 Å². The SMILES string of the molecule is CCNC(=NCC(=O)N1CCCC1)N1CCC(CSc2ccccc2)C1.I. The Labute approximate surface area is 184 Å². The molecule has 0 spiro atoms. The third-order valence-electron chi connectivity index (χ3n) is 4.97. The quantitative estimate of drug-likeness (QED) is 0.281. The summed E-state index contributed by atoms with van der Waals surface area (Å²) >= 11 is 1.93. The molecule has 0 bridgehead atoms. The maximum Gasteiger partial charge on any atom is 0.244 e. The van der Waals surface area contributed by atoms with E-state index in [1.54, 1.807) is 0 Å². The van der Waals surface area contributed by atoms with Gasteiger partial charge in [-0.1, -0.05) is 18.2 Å². The van der Waals surface area contributed by atoms with Gasteiger partial charge in [0.1, 0.15) is 6.54 Å². The van der Waals surface area contributed by atoms with Gasteiger partial charge in [0.05, 0.1) is 0 Å². The Morgan fingerprint density at radius 1 is 1.19 bits per heavy atom. The normalized spacial score (nSPS) is 19.9. The molecule has 0 saturated carbocycles. The minimum Gasteiger partial charge on any atom is -0.357 e. The van der Waals surface area contributed by atoms with Crippen LogP contribution in [0.2, 0.25) is 0 Å². The standard InChI is InChI=1S/C20H30N4OS.HI/c1-2-21-20(22-14-19(25)23-11-6-7-12-23)24-13-10-17(15-24)16-26-18-8-4-3-5-9-18;/h3-5,8-9,17H,2,6-7,10-16H2,1H3,(H,21,22);1H. The third-order valence-corrected chi connectivity index (χ3v) is 6.22. The van der Waals surface area contributed by atoms with Crippen LogP contribution in [0.3, 0.4) is 0 Å². The highest BCUT2D eigenvalue weighted by Crippen LogP contribution is 2.25. The lowest BCUT2D eigenvalue weighted by molar-refractivity contribution is -0.128. The van der Waals surface area contributed by atoms with Gasteiger partial charge in [0, 0.05) is 43.4 Å². The average molecular weight is 502 g/mol. The lowest BCUT2D eigenvalue weighted by atomic mass is 10.2. The molecule has 5 nitrogen and oxygen atoms in total. The van der Waals surface area contributed by atoms with Crippen LogP contribution in [0.4, 0.5) is 0 Å². The number of halogens is 1. The molecule has 150 valence electrons. The lowest BCUT2D eigenvalue weighted by Gasteiger charge is -2.22. The van der Waals surface area contributed by atoms with Crippen molar-refractivity contribution in [2.24, 2.45) is 10.9 Å². The number of carbonyl (C=O) groups is 1. The summed E-state index contributed by atoms with van der Waals surface area (Å²) in [6.45, 7) is 7.00. The molecule has 0 aliphatic carbocycles. The van der Waals surface area contributed by atoms with Gasteiger partial charge in [-0.05, 0) is 44.2 Å². The van der Waals surface area contributed by atoms with Gasteiger partial charge in [-0.3, -0.25) is 4.79 Å². The van der Waals surface area contributed by atoms with E-state index in [9.17, 15) is 4.79 Å². The first-order valence-electron chi connectivity index (χ1n) is 9.75. The predicted octanol–water partition coefficient (Wildman–Crippen LogP) is 3.31. The molecule has 1 amide bonds. The Bertz CT molecular complexity index is 607. The summed E-state index contributed by atoms with van der Waals surface area (Å²) in [5.74, 6) is 2.85. The van der Waals surface area contributed by atoms with Crippen molar-refractivity contribution in [3.05, 3.63) is 30.3 Å². The van der Waals surface area contributed by atoms with E-state index >= 15 is 0 Å². The summed E-state index contributed by atoms with van der Waals surface area (Å²) in [6, 6.07) is 10.6. The Morgan fingerprint density at radius 3 is 2.63 bits per heavy atom. The molecule has 27 heavy (non-hydrogen) atoms. The Kier molecular flexibility index (Phi) is 9.75. The first-order valence-corrected chi connectivity index (χ1v) is 10.7. The number of aliphatic imine (C=N–C) groups is 1. The molecule has 1 atom stereocenters. The Morgan fingerprint density at radius 2 is 1.93 bits per heavy atom. The van der Waals surface area contributed by atoms with E-state index in [4.69, 9.17) is 0 Å². The van der Waals surface area contributed by atoms with Crippen molar-refractivity contribution in [2.45, 2.75) is 31.1 Å². The zero-order chi connectivity index (χ0) is 18.2. The number of thioether (sulfide) groups is 1. The number of likely N-dealkylation sites (tertiary alicyclic amines) is 2. The van der Waals surface area contributed by atoms with Gasteiger partial charge >= 0.3 is 0 Å². The number of amides is 1. The van der Waals surface area contributed by atoms with Crippen molar-refractivity contribution in [1.29, 1.82) is 0 Å². The molecule has 1 unspecified atom stereocenters. The van der Waals surface area contributed by atoms with Crippen molar-refractivity contribution in [3.63, 3.8) is 0 Å². The zero-order valence-electron chi connectivity index (χ0n) is 16.1. The van der Waals surface area contributed by atoms with Crippen LogP contribution in [0.15, 0.2) is 40.2 Å². The second-order valence-corrected chi connectivity index (χ2v) is 8.08. The molecule has 0 radical (unpaired) electrons. The summed E-state index contributed by atoms with van der Waals surface area (Å²) in [4.78, 5) is 22.5. The smallest absolute Gasteiger partial charge is 0.244 e. The molecule has 7 heteroatoms. The molecular weight excluding hydrogens is 471 g/mol. The third kappa shape index (κ3) is 6.85. The molecule has 0 aromatic heterocycles. The number of carbonyl (C=O) groups excluding carboxylic acids is 1. The van der Waals surface area contributed by atoms with Gasteiger partial charge in [0.2, 0.25) is 5.91 Å². The number of benzene rings is 1. The molecule has 2 aliphatic heterocycles.